The molecule has 0 spiro atoms. The molecule has 0 aliphatic carbocycles. The fraction of sp³-hybridized carbons (Fsp3) is 0.467. The molecule has 2 aliphatic rings. The van der Waals surface area contributed by atoms with Crippen molar-refractivity contribution in [2.24, 2.45) is 0 Å². The van der Waals surface area contributed by atoms with Crippen molar-refractivity contribution < 1.29 is 4.74 Å². The third kappa shape index (κ3) is 4.85. The third-order valence-electron chi connectivity index (χ3n) is 8.57. The van der Waals surface area contributed by atoms with Gasteiger partial charge in [-0.3, -0.25) is 9.69 Å². The summed E-state index contributed by atoms with van der Waals surface area (Å²) in [5.41, 5.74) is 7.57. The van der Waals surface area contributed by atoms with Crippen LogP contribution in [0.25, 0.3) is 10.9 Å². The molecule has 0 radical (unpaired) electrons. The van der Waals surface area contributed by atoms with Crippen LogP contribution in [-0.2, 0) is 11.3 Å². The molecule has 39 heavy (non-hydrogen) atoms. The molecule has 0 saturated carbocycles. The van der Waals surface area contributed by atoms with Gasteiger partial charge in [-0.25, -0.2) is 4.68 Å². The zero-order chi connectivity index (χ0) is 27.1. The molecule has 0 amide bonds. The topological polar surface area (TPSA) is 92.2 Å². The Kier molecular flexibility index (Phi) is 6.95. The van der Waals surface area contributed by atoms with Gasteiger partial charge in [-0.05, 0) is 85.3 Å². The lowest BCUT2D eigenvalue weighted by atomic mass is 9.99. The number of nitrogens with one attached hydrogen (secondary N) is 1. The Bertz CT molecular complexity index is 1540. The molecule has 2 atom stereocenters. The van der Waals surface area contributed by atoms with Gasteiger partial charge >= 0.3 is 0 Å². The Labute approximate surface area is 228 Å². The van der Waals surface area contributed by atoms with Gasteiger partial charge in [0.15, 0.2) is 5.82 Å². The van der Waals surface area contributed by atoms with E-state index in [1.54, 1.807) is 0 Å². The van der Waals surface area contributed by atoms with E-state index in [-0.39, 0.29) is 17.7 Å². The highest BCUT2D eigenvalue weighted by Gasteiger charge is 2.34. The van der Waals surface area contributed by atoms with Crippen molar-refractivity contribution in [2.45, 2.75) is 59.2 Å². The molecule has 4 aromatic rings. The maximum atomic E-state index is 13.7. The monoisotopic (exact) mass is 527 g/mol. The number of ether oxygens (including phenoxy) is 1. The minimum absolute atomic E-state index is 0.0915. The van der Waals surface area contributed by atoms with E-state index in [4.69, 9.17) is 4.74 Å². The number of anilines is 1. The Hall–Kier alpha value is -3.56. The first kappa shape index (κ1) is 25.7. The van der Waals surface area contributed by atoms with Crippen LogP contribution in [0, 0.1) is 27.7 Å². The van der Waals surface area contributed by atoms with Crippen LogP contribution in [0.5, 0.6) is 0 Å². The molecule has 4 heterocycles. The van der Waals surface area contributed by atoms with E-state index in [1.807, 2.05) is 11.6 Å². The second-order valence-corrected chi connectivity index (χ2v) is 11.0. The quantitative estimate of drug-likeness (QED) is 0.407. The Morgan fingerprint density at radius 3 is 2.59 bits per heavy atom. The number of pyridine rings is 1. The highest BCUT2D eigenvalue weighted by Crippen LogP contribution is 2.31. The van der Waals surface area contributed by atoms with Gasteiger partial charge < -0.3 is 14.6 Å². The molecule has 2 aromatic carbocycles. The summed E-state index contributed by atoms with van der Waals surface area (Å²) >= 11 is 0. The molecule has 2 aliphatic heterocycles. The minimum atomic E-state index is -0.366. The van der Waals surface area contributed by atoms with Crippen LogP contribution in [0.1, 0.15) is 52.5 Å². The first-order chi connectivity index (χ1) is 18.9. The Balaban J connectivity index is 1.39. The molecule has 2 saturated heterocycles. The summed E-state index contributed by atoms with van der Waals surface area (Å²) in [6.07, 6.45) is 2.14. The van der Waals surface area contributed by atoms with Crippen LogP contribution in [0.3, 0.4) is 0 Å². The smallest absolute Gasteiger partial charge is 0.253 e. The number of fused-ring (bicyclic) bond motifs is 1. The van der Waals surface area contributed by atoms with Crippen molar-refractivity contribution in [1.29, 1.82) is 0 Å². The van der Waals surface area contributed by atoms with E-state index in [1.165, 1.54) is 16.8 Å². The molecule has 0 bridgehead atoms. The number of piperazine rings is 1. The van der Waals surface area contributed by atoms with E-state index in [2.05, 4.69) is 87.5 Å². The summed E-state index contributed by atoms with van der Waals surface area (Å²) in [6, 6.07) is 12.4. The number of nitrogens with zero attached hydrogens (tertiary/aromatic N) is 6. The molecular formula is C30H37N7O2. The third-order valence-corrected chi connectivity index (χ3v) is 8.57. The zero-order valence-electron chi connectivity index (χ0n) is 23.3. The van der Waals surface area contributed by atoms with Crippen molar-refractivity contribution >= 4 is 16.6 Å². The first-order valence-electron chi connectivity index (χ1n) is 14.0. The van der Waals surface area contributed by atoms with E-state index in [0.717, 1.165) is 67.7 Å². The molecule has 204 valence electrons. The number of benzene rings is 2. The predicted octanol–water partition coefficient (Wildman–Crippen LogP) is 3.84. The number of aryl methyl sites for hydroxylation is 3. The summed E-state index contributed by atoms with van der Waals surface area (Å²) in [5, 5.41) is 14.0. The highest BCUT2D eigenvalue weighted by molar-refractivity contribution is 5.85. The summed E-state index contributed by atoms with van der Waals surface area (Å²) in [7, 11) is 0. The SMILES string of the molecule is Cc1cccc(N2CCN([C@H](c3cc4c(C)ccc(C)c4[nH]c3=O)c3nnnn3C[C@@H]3CCCO3)CC2)c1C. The van der Waals surface area contributed by atoms with E-state index >= 15 is 0 Å². The van der Waals surface area contributed by atoms with E-state index < -0.39 is 0 Å². The zero-order valence-corrected chi connectivity index (χ0v) is 23.3. The standard InChI is InChI=1S/C30H37N7O2/c1-19-7-5-9-26(22(19)4)35-12-14-36(15-13-35)28(29-32-33-34-37(29)18-23-8-6-16-39-23)25-17-24-20(2)10-11-21(3)27(24)31-30(25)38/h5,7,9-11,17,23,28H,6,8,12-16,18H2,1-4H3,(H,31,38)/t23-,28+/m0/s1. The maximum absolute atomic E-state index is 13.7. The number of tetrazole rings is 1. The molecule has 2 aromatic heterocycles. The molecule has 6 rings (SSSR count). The van der Waals surface area contributed by atoms with E-state index in [0.29, 0.717) is 17.9 Å². The maximum Gasteiger partial charge on any atom is 0.253 e. The van der Waals surface area contributed by atoms with Crippen molar-refractivity contribution in [1.82, 2.24) is 30.1 Å². The number of rotatable bonds is 6. The summed E-state index contributed by atoms with van der Waals surface area (Å²) < 4.78 is 7.75. The van der Waals surface area contributed by atoms with Gasteiger partial charge in [-0.2, -0.15) is 0 Å². The lowest BCUT2D eigenvalue weighted by molar-refractivity contribution is 0.0906. The predicted molar refractivity (Wildman–Crippen MR) is 152 cm³/mol. The largest absolute Gasteiger partial charge is 0.376 e. The summed E-state index contributed by atoms with van der Waals surface area (Å²) in [4.78, 5) is 21.7. The van der Waals surface area contributed by atoms with Gasteiger partial charge in [0.1, 0.15) is 6.04 Å². The fourth-order valence-electron chi connectivity index (χ4n) is 6.11. The van der Waals surface area contributed by atoms with Gasteiger partial charge in [0.25, 0.3) is 5.56 Å². The number of H-pyrrole nitrogens is 1. The lowest BCUT2D eigenvalue weighted by Crippen LogP contribution is -2.49. The average molecular weight is 528 g/mol. The second kappa shape index (κ2) is 10.5. The van der Waals surface area contributed by atoms with Gasteiger partial charge in [0, 0.05) is 49.4 Å². The number of hydrogen-bond acceptors (Lipinski definition) is 7. The van der Waals surface area contributed by atoms with Crippen LogP contribution in [0.2, 0.25) is 0 Å². The fourth-order valence-corrected chi connectivity index (χ4v) is 6.11. The molecule has 2 fully saturated rings. The number of aromatic nitrogens is 5. The van der Waals surface area contributed by atoms with Crippen LogP contribution in [0.4, 0.5) is 5.69 Å². The van der Waals surface area contributed by atoms with Gasteiger partial charge in [0.05, 0.1) is 18.2 Å². The normalized spacial score (nSPS) is 19.2. The van der Waals surface area contributed by atoms with Gasteiger partial charge in [-0.15, -0.1) is 5.10 Å². The van der Waals surface area contributed by atoms with Crippen LogP contribution in [0.15, 0.2) is 41.2 Å². The molecule has 0 unspecified atom stereocenters. The molecule has 9 nitrogen and oxygen atoms in total. The van der Waals surface area contributed by atoms with Crippen molar-refractivity contribution in [3.05, 3.63) is 80.4 Å². The van der Waals surface area contributed by atoms with Gasteiger partial charge in [0.2, 0.25) is 0 Å². The summed E-state index contributed by atoms with van der Waals surface area (Å²) in [5.74, 6) is 0.695. The summed E-state index contributed by atoms with van der Waals surface area (Å²) in [6.45, 7) is 13.1. The van der Waals surface area contributed by atoms with Crippen LogP contribution < -0.4 is 10.5 Å². The number of hydrogen-bond donors (Lipinski definition) is 1. The van der Waals surface area contributed by atoms with Crippen LogP contribution >= 0.6 is 0 Å². The molecule has 9 heteroatoms. The minimum Gasteiger partial charge on any atom is -0.376 e. The second-order valence-electron chi connectivity index (χ2n) is 11.0. The Morgan fingerprint density at radius 2 is 1.82 bits per heavy atom. The van der Waals surface area contributed by atoms with Crippen LogP contribution in [-0.4, -0.2) is 69.0 Å². The average Bonchev–Trinajstić information content (AvgIpc) is 3.62. The van der Waals surface area contributed by atoms with Crippen molar-refractivity contribution in [2.75, 3.05) is 37.7 Å². The van der Waals surface area contributed by atoms with Gasteiger partial charge in [-0.1, -0.05) is 24.3 Å². The molecular weight excluding hydrogens is 490 g/mol. The number of aromatic amines is 1. The van der Waals surface area contributed by atoms with Crippen molar-refractivity contribution in [3.63, 3.8) is 0 Å². The van der Waals surface area contributed by atoms with E-state index in [9.17, 15) is 4.79 Å². The first-order valence-corrected chi connectivity index (χ1v) is 14.0. The molecule has 1 N–H and O–H groups in total. The van der Waals surface area contributed by atoms with Crippen molar-refractivity contribution in [3.8, 4) is 0 Å². The highest BCUT2D eigenvalue weighted by atomic mass is 16.5. The Morgan fingerprint density at radius 1 is 1.03 bits per heavy atom. The lowest BCUT2D eigenvalue weighted by Gasteiger charge is -2.40.